The summed E-state index contributed by atoms with van der Waals surface area (Å²) in [5, 5.41) is 2.82. The Hall–Kier alpha value is -1.79. The molecule has 3 N–H and O–H groups in total. The van der Waals surface area contributed by atoms with Crippen molar-refractivity contribution in [3.05, 3.63) is 24.3 Å². The standard InChI is InChI=1S/C17H25N3O3.ClH/c1-4-23-14-8-6-5-7-13(14)20-10-12(9-15(20)21)16(22)19-11-17(2,3)18;/h5-8,12H,4,9-11,18H2,1-3H3,(H,19,22);1H. The zero-order chi connectivity index (χ0) is 17.0. The van der Waals surface area contributed by atoms with Crippen LogP contribution in [0.5, 0.6) is 5.75 Å². The maximum Gasteiger partial charge on any atom is 0.227 e. The largest absolute Gasteiger partial charge is 0.492 e. The van der Waals surface area contributed by atoms with Gasteiger partial charge >= 0.3 is 0 Å². The summed E-state index contributed by atoms with van der Waals surface area (Å²) in [5.41, 5.74) is 6.12. The van der Waals surface area contributed by atoms with Crippen LogP contribution < -0.4 is 20.7 Å². The first-order valence-electron chi connectivity index (χ1n) is 7.90. The Labute approximate surface area is 149 Å². The van der Waals surface area contributed by atoms with Crippen LogP contribution >= 0.6 is 12.4 Å². The van der Waals surface area contributed by atoms with E-state index >= 15 is 0 Å². The Kier molecular flexibility index (Phi) is 7.05. The van der Waals surface area contributed by atoms with E-state index in [4.69, 9.17) is 10.5 Å². The van der Waals surface area contributed by atoms with Gasteiger partial charge in [-0.2, -0.15) is 0 Å². The summed E-state index contributed by atoms with van der Waals surface area (Å²) < 4.78 is 5.57. The predicted octanol–water partition coefficient (Wildman–Crippen LogP) is 1.71. The minimum Gasteiger partial charge on any atom is -0.492 e. The second kappa shape index (κ2) is 8.35. The lowest BCUT2D eigenvalue weighted by atomic mass is 10.1. The molecular weight excluding hydrogens is 330 g/mol. The Balaban J connectivity index is 0.00000288. The summed E-state index contributed by atoms with van der Waals surface area (Å²) in [4.78, 5) is 26.2. The molecule has 0 bridgehead atoms. The van der Waals surface area contributed by atoms with Crippen LogP contribution in [-0.4, -0.2) is 37.0 Å². The van der Waals surface area contributed by atoms with E-state index in [9.17, 15) is 9.59 Å². The first kappa shape index (κ1) is 20.3. The van der Waals surface area contributed by atoms with Crippen LogP contribution in [0.2, 0.25) is 0 Å². The van der Waals surface area contributed by atoms with E-state index < -0.39 is 5.54 Å². The summed E-state index contributed by atoms with van der Waals surface area (Å²) >= 11 is 0. The summed E-state index contributed by atoms with van der Waals surface area (Å²) in [6.07, 6.45) is 0.206. The fourth-order valence-corrected chi connectivity index (χ4v) is 2.53. The van der Waals surface area contributed by atoms with Crippen LogP contribution in [0.15, 0.2) is 24.3 Å². The zero-order valence-electron chi connectivity index (χ0n) is 14.4. The van der Waals surface area contributed by atoms with Crippen molar-refractivity contribution in [3.8, 4) is 5.75 Å². The molecule has 1 unspecified atom stereocenters. The van der Waals surface area contributed by atoms with Crippen molar-refractivity contribution in [2.75, 3.05) is 24.6 Å². The molecule has 2 rings (SSSR count). The lowest BCUT2D eigenvalue weighted by molar-refractivity contribution is -0.126. The number of nitrogens with two attached hydrogens (primary N) is 1. The lowest BCUT2D eigenvalue weighted by Crippen LogP contribution is -2.46. The number of halogens is 1. The molecule has 24 heavy (non-hydrogen) atoms. The molecule has 0 aromatic heterocycles. The second-order valence-corrected chi connectivity index (χ2v) is 6.51. The van der Waals surface area contributed by atoms with Gasteiger partial charge in [0.15, 0.2) is 0 Å². The van der Waals surface area contributed by atoms with Crippen LogP contribution in [0, 0.1) is 5.92 Å². The van der Waals surface area contributed by atoms with E-state index in [1.165, 1.54) is 0 Å². The van der Waals surface area contributed by atoms with Gasteiger partial charge in [0.05, 0.1) is 18.2 Å². The van der Waals surface area contributed by atoms with Crippen LogP contribution in [0.3, 0.4) is 0 Å². The second-order valence-electron chi connectivity index (χ2n) is 6.51. The van der Waals surface area contributed by atoms with Gasteiger partial charge in [0, 0.05) is 25.0 Å². The van der Waals surface area contributed by atoms with Gasteiger partial charge < -0.3 is 20.7 Å². The smallest absolute Gasteiger partial charge is 0.227 e. The van der Waals surface area contributed by atoms with Gasteiger partial charge in [-0.25, -0.2) is 0 Å². The van der Waals surface area contributed by atoms with E-state index in [2.05, 4.69) is 5.32 Å². The third kappa shape index (κ3) is 5.11. The molecule has 0 spiro atoms. The number of ether oxygens (including phenoxy) is 1. The molecule has 1 fully saturated rings. The van der Waals surface area contributed by atoms with Gasteiger partial charge in [0.1, 0.15) is 5.75 Å². The number of carbonyl (C=O) groups excluding carboxylic acids is 2. The number of rotatable bonds is 6. The van der Waals surface area contributed by atoms with E-state index in [0.717, 1.165) is 0 Å². The van der Waals surface area contributed by atoms with Gasteiger partial charge in [-0.15, -0.1) is 12.4 Å². The van der Waals surface area contributed by atoms with Gasteiger partial charge in [0.25, 0.3) is 0 Å². The number of carbonyl (C=O) groups is 2. The Morgan fingerprint density at radius 3 is 2.71 bits per heavy atom. The molecule has 0 aliphatic carbocycles. The Morgan fingerprint density at radius 2 is 2.08 bits per heavy atom. The van der Waals surface area contributed by atoms with Gasteiger partial charge in [-0.05, 0) is 32.9 Å². The minimum atomic E-state index is -0.473. The van der Waals surface area contributed by atoms with Gasteiger partial charge in [-0.3, -0.25) is 9.59 Å². The molecule has 1 aliphatic heterocycles. The summed E-state index contributed by atoms with van der Waals surface area (Å²) in [7, 11) is 0. The summed E-state index contributed by atoms with van der Waals surface area (Å²) in [6, 6.07) is 7.39. The third-order valence-electron chi connectivity index (χ3n) is 3.67. The Bertz CT molecular complexity index is 587. The molecule has 1 saturated heterocycles. The van der Waals surface area contributed by atoms with Crippen molar-refractivity contribution < 1.29 is 14.3 Å². The van der Waals surface area contributed by atoms with Crippen LogP contribution in [0.4, 0.5) is 5.69 Å². The molecular formula is C17H26ClN3O3. The minimum absolute atomic E-state index is 0. The molecule has 1 aliphatic rings. The summed E-state index contributed by atoms with van der Waals surface area (Å²) in [6.45, 7) is 6.85. The molecule has 6 nitrogen and oxygen atoms in total. The van der Waals surface area contributed by atoms with Crippen molar-refractivity contribution in [1.82, 2.24) is 5.32 Å². The lowest BCUT2D eigenvalue weighted by Gasteiger charge is -2.21. The zero-order valence-corrected chi connectivity index (χ0v) is 15.2. The molecule has 0 radical (unpaired) electrons. The monoisotopic (exact) mass is 355 g/mol. The molecule has 134 valence electrons. The highest BCUT2D eigenvalue weighted by molar-refractivity contribution is 6.01. The maximum atomic E-state index is 12.3. The van der Waals surface area contributed by atoms with E-state index in [1.54, 1.807) is 4.90 Å². The number of para-hydroxylation sites is 2. The topological polar surface area (TPSA) is 84.7 Å². The fourth-order valence-electron chi connectivity index (χ4n) is 2.53. The fraction of sp³-hybridized carbons (Fsp3) is 0.529. The first-order valence-corrected chi connectivity index (χ1v) is 7.90. The molecule has 0 saturated carbocycles. The molecule has 1 aromatic rings. The van der Waals surface area contributed by atoms with Crippen LogP contribution in [-0.2, 0) is 9.59 Å². The summed E-state index contributed by atoms with van der Waals surface area (Å²) in [5.74, 6) is 0.101. The number of benzene rings is 1. The van der Waals surface area contributed by atoms with Crippen LogP contribution in [0.1, 0.15) is 27.2 Å². The van der Waals surface area contributed by atoms with E-state index in [1.807, 2.05) is 45.0 Å². The van der Waals surface area contributed by atoms with Crippen molar-refractivity contribution in [2.45, 2.75) is 32.7 Å². The quantitative estimate of drug-likeness (QED) is 0.813. The number of hydrogen-bond donors (Lipinski definition) is 2. The highest BCUT2D eigenvalue weighted by Gasteiger charge is 2.36. The number of hydrogen-bond acceptors (Lipinski definition) is 4. The van der Waals surface area contributed by atoms with E-state index in [-0.39, 0.29) is 36.6 Å². The normalized spacial score (nSPS) is 17.4. The molecule has 7 heteroatoms. The highest BCUT2D eigenvalue weighted by Crippen LogP contribution is 2.33. The van der Waals surface area contributed by atoms with E-state index in [0.29, 0.717) is 31.1 Å². The average molecular weight is 356 g/mol. The SMILES string of the molecule is CCOc1ccccc1N1CC(C(=O)NCC(C)(C)N)CC1=O.Cl. The first-order chi connectivity index (χ1) is 10.8. The third-order valence-corrected chi connectivity index (χ3v) is 3.67. The van der Waals surface area contributed by atoms with Gasteiger partial charge in [0.2, 0.25) is 11.8 Å². The van der Waals surface area contributed by atoms with Crippen molar-refractivity contribution in [3.63, 3.8) is 0 Å². The predicted molar refractivity (Wildman–Crippen MR) is 96.6 cm³/mol. The maximum absolute atomic E-state index is 12.3. The van der Waals surface area contributed by atoms with Crippen molar-refractivity contribution >= 4 is 29.9 Å². The highest BCUT2D eigenvalue weighted by atomic mass is 35.5. The molecule has 2 amide bonds. The number of amides is 2. The number of nitrogens with one attached hydrogen (secondary N) is 1. The van der Waals surface area contributed by atoms with Crippen molar-refractivity contribution in [1.29, 1.82) is 0 Å². The number of nitrogens with zero attached hydrogens (tertiary/aromatic N) is 1. The number of anilines is 1. The average Bonchev–Trinajstić information content (AvgIpc) is 2.87. The van der Waals surface area contributed by atoms with Crippen LogP contribution in [0.25, 0.3) is 0 Å². The Morgan fingerprint density at radius 1 is 1.42 bits per heavy atom. The van der Waals surface area contributed by atoms with Crippen molar-refractivity contribution in [2.24, 2.45) is 11.7 Å². The molecule has 1 heterocycles. The van der Waals surface area contributed by atoms with Gasteiger partial charge in [-0.1, -0.05) is 12.1 Å². The molecule has 1 atom stereocenters. The molecule has 1 aromatic carbocycles.